The van der Waals surface area contributed by atoms with Crippen molar-refractivity contribution in [2.45, 2.75) is 65.0 Å². The molecule has 1 amide bonds. The zero-order valence-corrected chi connectivity index (χ0v) is 14.1. The van der Waals surface area contributed by atoms with E-state index in [2.05, 4.69) is 35.9 Å². The Morgan fingerprint density at radius 3 is 2.48 bits per heavy atom. The van der Waals surface area contributed by atoms with Gasteiger partial charge in [0.25, 0.3) is 0 Å². The van der Waals surface area contributed by atoms with E-state index in [0.717, 1.165) is 32.7 Å². The highest BCUT2D eigenvalue weighted by Gasteiger charge is 2.30. The maximum atomic E-state index is 12.6. The van der Waals surface area contributed by atoms with Crippen molar-refractivity contribution in [3.8, 4) is 0 Å². The Kier molecular flexibility index (Phi) is 6.49. The van der Waals surface area contributed by atoms with Crippen LogP contribution in [-0.2, 0) is 4.79 Å². The third kappa shape index (κ3) is 4.96. The molecular formula is C17H33N3O. The summed E-state index contributed by atoms with van der Waals surface area (Å²) in [6.45, 7) is 11.7. The van der Waals surface area contributed by atoms with Gasteiger partial charge in [0, 0.05) is 25.7 Å². The van der Waals surface area contributed by atoms with Crippen molar-refractivity contribution in [2.75, 3.05) is 32.7 Å². The van der Waals surface area contributed by atoms with E-state index in [1.807, 2.05) is 0 Å². The predicted molar refractivity (Wildman–Crippen MR) is 87.3 cm³/mol. The predicted octanol–water partition coefficient (Wildman–Crippen LogP) is 2.10. The highest BCUT2D eigenvalue weighted by molar-refractivity contribution is 5.81. The van der Waals surface area contributed by atoms with Crippen molar-refractivity contribution >= 4 is 5.91 Å². The van der Waals surface area contributed by atoms with E-state index >= 15 is 0 Å². The van der Waals surface area contributed by atoms with Crippen molar-refractivity contribution in [2.24, 2.45) is 5.92 Å². The Labute approximate surface area is 130 Å². The molecule has 0 aliphatic carbocycles. The Morgan fingerprint density at radius 2 is 1.81 bits per heavy atom. The fraction of sp³-hybridized carbons (Fsp3) is 0.941. The molecule has 0 spiro atoms. The van der Waals surface area contributed by atoms with Gasteiger partial charge in [-0.1, -0.05) is 13.8 Å². The zero-order valence-electron chi connectivity index (χ0n) is 14.1. The van der Waals surface area contributed by atoms with Crippen molar-refractivity contribution < 1.29 is 4.79 Å². The summed E-state index contributed by atoms with van der Waals surface area (Å²) in [5.74, 6) is 1.05. The van der Waals surface area contributed by atoms with E-state index in [9.17, 15) is 4.79 Å². The molecule has 2 aliphatic heterocycles. The van der Waals surface area contributed by atoms with Gasteiger partial charge in [-0.15, -0.1) is 0 Å². The number of carbonyl (C=O) groups excluding carboxylic acids is 1. The molecule has 0 aromatic carbocycles. The molecule has 0 aromatic rings. The number of hydrogen-bond acceptors (Lipinski definition) is 3. The van der Waals surface area contributed by atoms with Gasteiger partial charge in [-0.2, -0.15) is 0 Å². The summed E-state index contributed by atoms with van der Waals surface area (Å²) in [5, 5.41) is 3.55. The van der Waals surface area contributed by atoms with Crippen molar-refractivity contribution in [3.63, 3.8) is 0 Å². The monoisotopic (exact) mass is 295 g/mol. The maximum Gasteiger partial charge on any atom is 0.239 e. The number of rotatable bonds is 5. The first kappa shape index (κ1) is 16.8. The molecule has 2 atom stereocenters. The van der Waals surface area contributed by atoms with E-state index in [-0.39, 0.29) is 6.04 Å². The number of nitrogens with one attached hydrogen (secondary N) is 1. The molecule has 0 saturated carbocycles. The van der Waals surface area contributed by atoms with Crippen LogP contribution >= 0.6 is 0 Å². The van der Waals surface area contributed by atoms with Gasteiger partial charge in [0.05, 0.1) is 6.04 Å². The summed E-state index contributed by atoms with van der Waals surface area (Å²) in [6.07, 6.45) is 6.16. The fourth-order valence-electron chi connectivity index (χ4n) is 3.55. The van der Waals surface area contributed by atoms with Crippen LogP contribution < -0.4 is 5.32 Å². The van der Waals surface area contributed by atoms with Gasteiger partial charge >= 0.3 is 0 Å². The smallest absolute Gasteiger partial charge is 0.239 e. The topological polar surface area (TPSA) is 35.6 Å². The summed E-state index contributed by atoms with van der Waals surface area (Å²) < 4.78 is 0. The van der Waals surface area contributed by atoms with Gasteiger partial charge in [0.2, 0.25) is 5.91 Å². The van der Waals surface area contributed by atoms with Crippen LogP contribution in [0.4, 0.5) is 0 Å². The summed E-state index contributed by atoms with van der Waals surface area (Å²) in [7, 11) is 0. The van der Waals surface area contributed by atoms with E-state index in [4.69, 9.17) is 0 Å². The number of carbonyl (C=O) groups is 1. The highest BCUT2D eigenvalue weighted by Crippen LogP contribution is 2.20. The average Bonchev–Trinajstić information content (AvgIpc) is 2.52. The second-order valence-electron chi connectivity index (χ2n) is 7.13. The zero-order chi connectivity index (χ0) is 15.2. The highest BCUT2D eigenvalue weighted by atomic mass is 16.2. The molecule has 0 bridgehead atoms. The molecule has 0 radical (unpaired) electrons. The Morgan fingerprint density at radius 1 is 1.10 bits per heavy atom. The molecule has 2 aliphatic rings. The minimum Gasteiger partial charge on any atom is -0.341 e. The van der Waals surface area contributed by atoms with Crippen LogP contribution in [0.2, 0.25) is 0 Å². The van der Waals surface area contributed by atoms with Crippen LogP contribution in [0.3, 0.4) is 0 Å². The molecule has 2 heterocycles. The van der Waals surface area contributed by atoms with Gasteiger partial charge < -0.3 is 10.2 Å². The lowest BCUT2D eigenvalue weighted by atomic mass is 9.96. The van der Waals surface area contributed by atoms with E-state index in [1.54, 1.807) is 0 Å². The molecule has 0 aromatic heterocycles. The van der Waals surface area contributed by atoms with Gasteiger partial charge in [-0.05, 0) is 58.0 Å². The molecule has 2 unspecified atom stereocenters. The normalized spacial score (nSPS) is 26.1. The van der Waals surface area contributed by atoms with Gasteiger partial charge in [-0.3, -0.25) is 9.69 Å². The second kappa shape index (κ2) is 8.14. The summed E-state index contributed by atoms with van der Waals surface area (Å²) in [6, 6.07) is 0.609. The standard InChI is InChI=1S/C17H33N3O/c1-14(2)18-12-16-8-7-11-20(13-16)15(3)17(21)19-9-5-4-6-10-19/h14-16,18H,4-13H2,1-3H3. The van der Waals surface area contributed by atoms with Crippen LogP contribution in [0, 0.1) is 5.92 Å². The van der Waals surface area contributed by atoms with Crippen LogP contribution in [0.1, 0.15) is 52.9 Å². The summed E-state index contributed by atoms with van der Waals surface area (Å²) in [4.78, 5) is 17.1. The lowest BCUT2D eigenvalue weighted by Gasteiger charge is -2.39. The molecule has 1 N–H and O–H groups in total. The lowest BCUT2D eigenvalue weighted by molar-refractivity contribution is -0.138. The van der Waals surface area contributed by atoms with Crippen LogP contribution in [0.5, 0.6) is 0 Å². The molecule has 4 nitrogen and oxygen atoms in total. The van der Waals surface area contributed by atoms with Crippen LogP contribution in [0.15, 0.2) is 0 Å². The number of amides is 1. The molecule has 122 valence electrons. The van der Waals surface area contributed by atoms with Crippen molar-refractivity contribution in [1.29, 1.82) is 0 Å². The Balaban J connectivity index is 1.83. The van der Waals surface area contributed by atoms with E-state index in [0.29, 0.717) is 17.9 Å². The Hall–Kier alpha value is -0.610. The van der Waals surface area contributed by atoms with Gasteiger partial charge in [0.15, 0.2) is 0 Å². The van der Waals surface area contributed by atoms with Crippen LogP contribution in [-0.4, -0.2) is 60.5 Å². The maximum absolute atomic E-state index is 12.6. The van der Waals surface area contributed by atoms with Crippen LogP contribution in [0.25, 0.3) is 0 Å². The number of hydrogen-bond donors (Lipinski definition) is 1. The fourth-order valence-corrected chi connectivity index (χ4v) is 3.55. The Bertz CT molecular complexity index is 326. The molecular weight excluding hydrogens is 262 g/mol. The molecule has 21 heavy (non-hydrogen) atoms. The minimum absolute atomic E-state index is 0.0601. The second-order valence-corrected chi connectivity index (χ2v) is 7.13. The first-order valence-electron chi connectivity index (χ1n) is 8.84. The average molecular weight is 295 g/mol. The van der Waals surface area contributed by atoms with Crippen molar-refractivity contribution in [3.05, 3.63) is 0 Å². The van der Waals surface area contributed by atoms with Gasteiger partial charge in [-0.25, -0.2) is 0 Å². The van der Waals surface area contributed by atoms with Crippen molar-refractivity contribution in [1.82, 2.24) is 15.1 Å². The van der Waals surface area contributed by atoms with E-state index < -0.39 is 0 Å². The number of likely N-dealkylation sites (tertiary alicyclic amines) is 2. The summed E-state index contributed by atoms with van der Waals surface area (Å²) in [5.41, 5.74) is 0. The van der Waals surface area contributed by atoms with Gasteiger partial charge in [0.1, 0.15) is 0 Å². The minimum atomic E-state index is 0.0601. The molecule has 2 saturated heterocycles. The molecule has 4 heteroatoms. The quantitative estimate of drug-likeness (QED) is 0.844. The first-order valence-corrected chi connectivity index (χ1v) is 8.84. The number of piperidine rings is 2. The third-order valence-corrected chi connectivity index (χ3v) is 4.94. The van der Waals surface area contributed by atoms with E-state index in [1.165, 1.54) is 32.1 Å². The number of nitrogens with zero attached hydrogens (tertiary/aromatic N) is 2. The molecule has 2 fully saturated rings. The largest absolute Gasteiger partial charge is 0.341 e. The lowest BCUT2D eigenvalue weighted by Crippen LogP contribution is -2.52. The summed E-state index contributed by atoms with van der Waals surface area (Å²) >= 11 is 0. The third-order valence-electron chi connectivity index (χ3n) is 4.94. The SMILES string of the molecule is CC(C)NCC1CCCN(C(C)C(=O)N2CCCCC2)C1. The molecule has 2 rings (SSSR count). The first-order chi connectivity index (χ1) is 10.1.